The normalized spacial score (nSPS) is 10.8. The maximum atomic E-state index is 12.8. The molecule has 21 heavy (non-hydrogen) atoms. The first kappa shape index (κ1) is 14.9. The predicted molar refractivity (Wildman–Crippen MR) is 77.9 cm³/mol. The van der Waals surface area contributed by atoms with Crippen molar-refractivity contribution in [3.05, 3.63) is 80.6 Å². The zero-order chi connectivity index (χ0) is 15.4. The van der Waals surface area contributed by atoms with Gasteiger partial charge in [-0.15, -0.1) is 0 Å². The molecular weight excluding hydrogens is 297 g/mol. The molecule has 6 heteroatoms. The van der Waals surface area contributed by atoms with E-state index in [-0.39, 0.29) is 11.5 Å². The van der Waals surface area contributed by atoms with Crippen LogP contribution < -0.4 is 0 Å². The highest BCUT2D eigenvalue weighted by molar-refractivity contribution is 6.32. The molecule has 0 fully saturated rings. The van der Waals surface area contributed by atoms with Crippen LogP contribution in [-0.2, 0) is 0 Å². The minimum absolute atomic E-state index is 0.117. The van der Waals surface area contributed by atoms with Crippen molar-refractivity contribution >= 4 is 29.1 Å². The van der Waals surface area contributed by atoms with Gasteiger partial charge in [0.1, 0.15) is 5.82 Å². The van der Waals surface area contributed by atoms with Crippen LogP contribution >= 0.6 is 11.6 Å². The second kappa shape index (κ2) is 6.28. The zero-order valence-corrected chi connectivity index (χ0v) is 11.4. The maximum Gasteiger partial charge on any atom is 0.270 e. The minimum Gasteiger partial charge on any atom is -0.289 e. The quantitative estimate of drug-likeness (QED) is 0.366. The largest absolute Gasteiger partial charge is 0.289 e. The fourth-order valence-corrected chi connectivity index (χ4v) is 1.83. The van der Waals surface area contributed by atoms with Crippen LogP contribution in [0, 0.1) is 15.9 Å². The lowest BCUT2D eigenvalue weighted by Gasteiger charge is -1.99. The third-order valence-corrected chi connectivity index (χ3v) is 3.08. The molecule has 0 saturated carbocycles. The minimum atomic E-state index is -0.546. The highest BCUT2D eigenvalue weighted by Crippen LogP contribution is 2.23. The summed E-state index contributed by atoms with van der Waals surface area (Å²) in [7, 11) is 0. The van der Waals surface area contributed by atoms with Gasteiger partial charge in [0, 0.05) is 22.7 Å². The number of nitro benzene ring substituents is 1. The number of ketones is 1. The van der Waals surface area contributed by atoms with E-state index in [0.717, 1.165) is 0 Å². The molecule has 0 aliphatic rings. The molecule has 0 atom stereocenters. The van der Waals surface area contributed by atoms with Gasteiger partial charge in [0.15, 0.2) is 5.78 Å². The van der Waals surface area contributed by atoms with Gasteiger partial charge in [0.25, 0.3) is 5.69 Å². The number of hydrogen-bond acceptors (Lipinski definition) is 3. The van der Waals surface area contributed by atoms with Gasteiger partial charge in [-0.05, 0) is 48.0 Å². The Bertz CT molecular complexity index is 726. The van der Waals surface area contributed by atoms with Gasteiger partial charge in [-0.2, -0.15) is 0 Å². The van der Waals surface area contributed by atoms with Crippen LogP contribution in [0.2, 0.25) is 5.02 Å². The average Bonchev–Trinajstić information content (AvgIpc) is 2.46. The van der Waals surface area contributed by atoms with Crippen molar-refractivity contribution in [2.75, 3.05) is 0 Å². The second-order valence-corrected chi connectivity index (χ2v) is 4.57. The van der Waals surface area contributed by atoms with E-state index in [1.807, 2.05) is 0 Å². The van der Waals surface area contributed by atoms with Gasteiger partial charge >= 0.3 is 0 Å². The third-order valence-electron chi connectivity index (χ3n) is 2.73. The SMILES string of the molecule is O=C(/C=C/c1cc([N+](=O)[O-])ccc1Cl)c1ccc(F)cc1. The van der Waals surface area contributed by atoms with Crippen molar-refractivity contribution in [1.82, 2.24) is 0 Å². The summed E-state index contributed by atoms with van der Waals surface area (Å²) in [5.74, 6) is -0.783. The van der Waals surface area contributed by atoms with Crippen molar-refractivity contribution in [3.8, 4) is 0 Å². The molecule has 0 heterocycles. The van der Waals surface area contributed by atoms with Crippen molar-refractivity contribution in [2.45, 2.75) is 0 Å². The number of allylic oxidation sites excluding steroid dienone is 1. The van der Waals surface area contributed by atoms with E-state index < -0.39 is 10.7 Å². The van der Waals surface area contributed by atoms with E-state index in [1.165, 1.54) is 54.6 Å². The molecule has 2 rings (SSSR count). The first-order valence-corrected chi connectivity index (χ1v) is 6.27. The van der Waals surface area contributed by atoms with Gasteiger partial charge in [0.05, 0.1) is 4.92 Å². The number of carbonyl (C=O) groups excluding carboxylic acids is 1. The molecule has 2 aromatic carbocycles. The van der Waals surface area contributed by atoms with Gasteiger partial charge in [0.2, 0.25) is 0 Å². The van der Waals surface area contributed by atoms with Crippen molar-refractivity contribution in [3.63, 3.8) is 0 Å². The maximum absolute atomic E-state index is 12.8. The van der Waals surface area contributed by atoms with Crippen molar-refractivity contribution in [1.29, 1.82) is 0 Å². The van der Waals surface area contributed by atoms with Gasteiger partial charge in [-0.1, -0.05) is 11.6 Å². The fourth-order valence-electron chi connectivity index (χ4n) is 1.65. The second-order valence-electron chi connectivity index (χ2n) is 4.17. The average molecular weight is 306 g/mol. The summed E-state index contributed by atoms with van der Waals surface area (Å²) in [6, 6.07) is 9.02. The van der Waals surface area contributed by atoms with Gasteiger partial charge in [-0.25, -0.2) is 4.39 Å². The Morgan fingerprint density at radius 3 is 2.48 bits per heavy atom. The van der Waals surface area contributed by atoms with E-state index in [2.05, 4.69) is 0 Å². The molecule has 0 aliphatic heterocycles. The van der Waals surface area contributed by atoms with E-state index in [1.54, 1.807) is 0 Å². The van der Waals surface area contributed by atoms with Crippen molar-refractivity contribution in [2.24, 2.45) is 0 Å². The Kier molecular flexibility index (Phi) is 4.45. The summed E-state index contributed by atoms with van der Waals surface area (Å²) in [6.45, 7) is 0. The van der Waals surface area contributed by atoms with Crippen LogP contribution in [-0.4, -0.2) is 10.7 Å². The van der Waals surface area contributed by atoms with Crippen molar-refractivity contribution < 1.29 is 14.1 Å². The zero-order valence-electron chi connectivity index (χ0n) is 10.6. The first-order chi connectivity index (χ1) is 9.97. The Morgan fingerprint density at radius 1 is 1.19 bits per heavy atom. The first-order valence-electron chi connectivity index (χ1n) is 5.89. The Labute approximate surface area is 124 Å². The molecular formula is C15H9ClFNO3. The summed E-state index contributed by atoms with van der Waals surface area (Å²) >= 11 is 5.92. The molecule has 0 radical (unpaired) electrons. The Balaban J connectivity index is 2.24. The standard InChI is InChI=1S/C15H9ClFNO3/c16-14-7-6-13(18(20)21)9-11(14)3-8-15(19)10-1-4-12(17)5-2-10/h1-9H/b8-3+. The lowest BCUT2D eigenvalue weighted by atomic mass is 10.1. The van der Waals surface area contributed by atoms with E-state index in [0.29, 0.717) is 16.1 Å². The number of non-ortho nitro benzene ring substituents is 1. The summed E-state index contributed by atoms with van der Waals surface area (Å²) in [6.07, 6.45) is 2.62. The van der Waals surface area contributed by atoms with Crippen LogP contribution in [0.15, 0.2) is 48.5 Å². The monoisotopic (exact) mass is 305 g/mol. The van der Waals surface area contributed by atoms with Gasteiger partial charge < -0.3 is 0 Å². The van der Waals surface area contributed by atoms with E-state index >= 15 is 0 Å². The number of halogens is 2. The Hall–Kier alpha value is -2.53. The highest BCUT2D eigenvalue weighted by Gasteiger charge is 2.08. The number of nitrogens with zero attached hydrogens (tertiary/aromatic N) is 1. The smallest absolute Gasteiger partial charge is 0.270 e. The summed E-state index contributed by atoms with van der Waals surface area (Å²) in [4.78, 5) is 22.0. The molecule has 0 unspecified atom stereocenters. The van der Waals surface area contributed by atoms with Gasteiger partial charge in [-0.3, -0.25) is 14.9 Å². The molecule has 2 aromatic rings. The topological polar surface area (TPSA) is 60.2 Å². The number of hydrogen-bond donors (Lipinski definition) is 0. The van der Waals surface area contributed by atoms with Crippen LogP contribution in [0.1, 0.15) is 15.9 Å². The lowest BCUT2D eigenvalue weighted by Crippen LogP contribution is -1.94. The number of rotatable bonds is 4. The number of nitro groups is 1. The summed E-state index contributed by atoms with van der Waals surface area (Å²) in [5.41, 5.74) is 0.559. The van der Waals surface area contributed by atoms with E-state index in [4.69, 9.17) is 11.6 Å². The van der Waals surface area contributed by atoms with Crippen LogP contribution in [0.25, 0.3) is 6.08 Å². The number of benzene rings is 2. The Morgan fingerprint density at radius 2 is 1.86 bits per heavy atom. The summed E-state index contributed by atoms with van der Waals surface area (Å²) < 4.78 is 12.8. The van der Waals surface area contributed by atoms with Crippen LogP contribution in [0.4, 0.5) is 10.1 Å². The fraction of sp³-hybridized carbons (Fsp3) is 0. The molecule has 0 bridgehead atoms. The molecule has 0 N–H and O–H groups in total. The third kappa shape index (κ3) is 3.73. The number of carbonyl (C=O) groups is 1. The molecule has 0 amide bonds. The van der Waals surface area contributed by atoms with Crippen LogP contribution in [0.5, 0.6) is 0 Å². The molecule has 0 aromatic heterocycles. The molecule has 0 saturated heterocycles. The molecule has 106 valence electrons. The highest BCUT2D eigenvalue weighted by atomic mass is 35.5. The summed E-state index contributed by atoms with van der Waals surface area (Å²) in [5, 5.41) is 11.0. The van der Waals surface area contributed by atoms with E-state index in [9.17, 15) is 19.3 Å². The lowest BCUT2D eigenvalue weighted by molar-refractivity contribution is -0.384. The molecule has 0 aliphatic carbocycles. The molecule has 4 nitrogen and oxygen atoms in total. The molecule has 0 spiro atoms. The van der Waals surface area contributed by atoms with Crippen LogP contribution in [0.3, 0.4) is 0 Å². The predicted octanol–water partition coefficient (Wildman–Crippen LogP) is 4.28.